The van der Waals surface area contributed by atoms with E-state index in [0.717, 1.165) is 10.9 Å². The zero-order valence-electron chi connectivity index (χ0n) is 15.4. The molecule has 1 unspecified atom stereocenters. The van der Waals surface area contributed by atoms with Crippen LogP contribution in [0.2, 0.25) is 0 Å². The first-order valence-corrected chi connectivity index (χ1v) is 8.61. The van der Waals surface area contributed by atoms with Crippen molar-refractivity contribution in [3.05, 3.63) is 75.6 Å². The van der Waals surface area contributed by atoms with Gasteiger partial charge >= 0.3 is 11.6 Å². The summed E-state index contributed by atoms with van der Waals surface area (Å²) in [6, 6.07) is 12.2. The lowest BCUT2D eigenvalue weighted by Crippen LogP contribution is -2.36. The van der Waals surface area contributed by atoms with Crippen molar-refractivity contribution in [3.63, 3.8) is 0 Å². The lowest BCUT2D eigenvalue weighted by atomic mass is 10.1. The van der Waals surface area contributed by atoms with Crippen LogP contribution in [-0.2, 0) is 9.59 Å². The summed E-state index contributed by atoms with van der Waals surface area (Å²) in [5.41, 5.74) is 1.76. The Morgan fingerprint density at radius 1 is 1.11 bits per heavy atom. The van der Waals surface area contributed by atoms with Crippen molar-refractivity contribution in [1.29, 1.82) is 0 Å². The number of ether oxygens (including phenoxy) is 1. The van der Waals surface area contributed by atoms with E-state index in [9.17, 15) is 19.5 Å². The topological polar surface area (TPSA) is 106 Å². The Morgan fingerprint density at radius 3 is 2.50 bits per heavy atom. The lowest BCUT2D eigenvalue weighted by Gasteiger charge is -2.15. The van der Waals surface area contributed by atoms with Gasteiger partial charge < -0.3 is 19.6 Å². The number of benzene rings is 2. The molecule has 1 heterocycles. The number of carbonyl (C=O) groups is 2. The molecule has 1 atom stereocenters. The van der Waals surface area contributed by atoms with E-state index in [4.69, 9.17) is 9.15 Å². The van der Waals surface area contributed by atoms with Gasteiger partial charge in [0.05, 0.1) is 0 Å². The largest absolute Gasteiger partial charge is 0.484 e. The van der Waals surface area contributed by atoms with E-state index in [1.165, 1.54) is 6.07 Å². The highest BCUT2D eigenvalue weighted by atomic mass is 16.5. The fourth-order valence-electron chi connectivity index (χ4n) is 2.80. The number of aliphatic carboxylic acids is 1. The summed E-state index contributed by atoms with van der Waals surface area (Å²) < 4.78 is 10.7. The molecule has 0 saturated carbocycles. The summed E-state index contributed by atoms with van der Waals surface area (Å²) in [7, 11) is 0. The number of aryl methyl sites for hydroxylation is 1. The number of carbonyl (C=O) groups excluding carboxylic acids is 1. The van der Waals surface area contributed by atoms with E-state index in [-0.39, 0.29) is 6.61 Å². The van der Waals surface area contributed by atoms with E-state index < -0.39 is 23.5 Å². The summed E-state index contributed by atoms with van der Waals surface area (Å²) >= 11 is 0. The van der Waals surface area contributed by atoms with Gasteiger partial charge in [-0.15, -0.1) is 0 Å². The number of rotatable bonds is 6. The average Bonchev–Trinajstić information content (AvgIpc) is 2.69. The molecule has 0 aliphatic carbocycles. The smallest absolute Gasteiger partial charge is 0.339 e. The predicted molar refractivity (Wildman–Crippen MR) is 102 cm³/mol. The lowest BCUT2D eigenvalue weighted by molar-refractivity contribution is -0.142. The SMILES string of the molecule is Cc1c(C)c2ccc(OCC(=O)NC(C(=O)O)c3ccccc3)cc2oc1=O. The normalized spacial score (nSPS) is 11.8. The van der Waals surface area contributed by atoms with E-state index in [1.54, 1.807) is 49.4 Å². The van der Waals surface area contributed by atoms with Crippen molar-refractivity contribution in [3.8, 4) is 5.75 Å². The highest BCUT2D eigenvalue weighted by Gasteiger charge is 2.22. The van der Waals surface area contributed by atoms with Gasteiger partial charge in [-0.25, -0.2) is 9.59 Å². The van der Waals surface area contributed by atoms with Crippen LogP contribution in [0, 0.1) is 13.8 Å². The zero-order valence-corrected chi connectivity index (χ0v) is 15.4. The average molecular weight is 381 g/mol. The number of amides is 1. The van der Waals surface area contributed by atoms with Gasteiger partial charge in [-0.05, 0) is 37.1 Å². The van der Waals surface area contributed by atoms with E-state index in [0.29, 0.717) is 22.5 Å². The summed E-state index contributed by atoms with van der Waals surface area (Å²) in [4.78, 5) is 35.4. The number of carboxylic acid groups (broad SMARTS) is 1. The Balaban J connectivity index is 1.71. The Kier molecular flexibility index (Phi) is 5.44. The van der Waals surface area contributed by atoms with Crippen molar-refractivity contribution in [1.82, 2.24) is 5.32 Å². The fraction of sp³-hybridized carbons (Fsp3) is 0.190. The van der Waals surface area contributed by atoms with Gasteiger partial charge in [-0.3, -0.25) is 4.79 Å². The Morgan fingerprint density at radius 2 is 1.82 bits per heavy atom. The van der Waals surface area contributed by atoms with Crippen molar-refractivity contribution >= 4 is 22.8 Å². The first-order chi connectivity index (χ1) is 13.4. The van der Waals surface area contributed by atoms with Crippen molar-refractivity contribution in [2.45, 2.75) is 19.9 Å². The van der Waals surface area contributed by atoms with Gasteiger partial charge in [0.25, 0.3) is 5.91 Å². The molecule has 1 amide bonds. The maximum absolute atomic E-state index is 12.1. The number of carboxylic acids is 1. The molecule has 28 heavy (non-hydrogen) atoms. The third-order valence-electron chi connectivity index (χ3n) is 4.48. The van der Waals surface area contributed by atoms with Crippen molar-refractivity contribution < 1.29 is 23.8 Å². The van der Waals surface area contributed by atoms with Crippen LogP contribution in [0.15, 0.2) is 57.7 Å². The molecular formula is C21H19NO6. The third kappa shape index (κ3) is 4.03. The molecule has 1 aromatic heterocycles. The molecule has 2 aromatic carbocycles. The second-order valence-electron chi connectivity index (χ2n) is 6.34. The van der Waals surface area contributed by atoms with E-state index >= 15 is 0 Å². The number of fused-ring (bicyclic) bond motifs is 1. The minimum absolute atomic E-state index is 0.334. The van der Waals surface area contributed by atoms with Crippen LogP contribution in [0.5, 0.6) is 5.75 Å². The van der Waals surface area contributed by atoms with Crippen molar-refractivity contribution in [2.24, 2.45) is 0 Å². The zero-order chi connectivity index (χ0) is 20.3. The molecule has 144 valence electrons. The molecule has 2 N–H and O–H groups in total. The van der Waals surface area contributed by atoms with E-state index in [2.05, 4.69) is 5.32 Å². The van der Waals surface area contributed by atoms with Gasteiger partial charge in [-0.1, -0.05) is 30.3 Å². The summed E-state index contributed by atoms with van der Waals surface area (Å²) in [5.74, 6) is -1.42. The van der Waals surface area contributed by atoms with Crippen molar-refractivity contribution in [2.75, 3.05) is 6.61 Å². The van der Waals surface area contributed by atoms with E-state index in [1.807, 2.05) is 6.92 Å². The van der Waals surface area contributed by atoms with Crippen LogP contribution in [0.25, 0.3) is 11.0 Å². The quantitative estimate of drug-likeness (QED) is 0.636. The van der Waals surface area contributed by atoms with Gasteiger partial charge in [0.15, 0.2) is 12.6 Å². The van der Waals surface area contributed by atoms with Crippen LogP contribution in [0.1, 0.15) is 22.7 Å². The molecule has 3 aromatic rings. The molecule has 0 spiro atoms. The Bertz CT molecular complexity index is 1090. The van der Waals surface area contributed by atoms with Crippen LogP contribution >= 0.6 is 0 Å². The Labute approximate surface area is 160 Å². The molecule has 7 nitrogen and oxygen atoms in total. The summed E-state index contributed by atoms with van der Waals surface area (Å²) in [5, 5.41) is 12.6. The summed E-state index contributed by atoms with van der Waals surface area (Å²) in [6.45, 7) is 3.15. The third-order valence-corrected chi connectivity index (χ3v) is 4.48. The first-order valence-electron chi connectivity index (χ1n) is 8.61. The fourth-order valence-corrected chi connectivity index (χ4v) is 2.80. The standard InChI is InChI=1S/C21H19NO6/c1-12-13(2)21(26)28-17-10-15(8-9-16(12)17)27-11-18(23)22-19(20(24)25)14-6-4-3-5-7-14/h3-10,19H,11H2,1-2H3,(H,22,23)(H,24,25). The minimum atomic E-state index is -1.17. The molecular weight excluding hydrogens is 362 g/mol. The summed E-state index contributed by atoms with van der Waals surface area (Å²) in [6.07, 6.45) is 0. The predicted octanol–water partition coefficient (Wildman–Crippen LogP) is 2.73. The second kappa shape index (κ2) is 7.96. The molecule has 0 bridgehead atoms. The Hall–Kier alpha value is -3.61. The second-order valence-corrected chi connectivity index (χ2v) is 6.34. The highest BCUT2D eigenvalue weighted by Crippen LogP contribution is 2.24. The maximum atomic E-state index is 12.1. The first kappa shape index (κ1) is 19.2. The van der Waals surface area contributed by atoms with Crippen LogP contribution in [0.4, 0.5) is 0 Å². The number of nitrogens with one attached hydrogen (secondary N) is 1. The molecule has 0 fully saturated rings. The van der Waals surface area contributed by atoms with Gasteiger partial charge in [-0.2, -0.15) is 0 Å². The van der Waals surface area contributed by atoms with Crippen LogP contribution in [0.3, 0.4) is 0 Å². The highest BCUT2D eigenvalue weighted by molar-refractivity contribution is 5.85. The number of hydrogen-bond donors (Lipinski definition) is 2. The van der Waals surface area contributed by atoms with Crippen LogP contribution in [-0.4, -0.2) is 23.6 Å². The molecule has 7 heteroatoms. The minimum Gasteiger partial charge on any atom is -0.484 e. The van der Waals surface area contributed by atoms with Gasteiger partial charge in [0.2, 0.25) is 0 Å². The molecule has 0 aliphatic heterocycles. The van der Waals surface area contributed by atoms with Gasteiger partial charge in [0.1, 0.15) is 11.3 Å². The molecule has 0 saturated heterocycles. The molecule has 0 aliphatic rings. The van der Waals surface area contributed by atoms with Crippen LogP contribution < -0.4 is 15.7 Å². The van der Waals surface area contributed by atoms with Gasteiger partial charge in [0, 0.05) is 17.0 Å². The monoisotopic (exact) mass is 381 g/mol. The number of hydrogen-bond acceptors (Lipinski definition) is 5. The maximum Gasteiger partial charge on any atom is 0.339 e. The molecule has 0 radical (unpaired) electrons. The molecule has 3 rings (SSSR count).